The fourth-order valence-electron chi connectivity index (χ4n) is 2.67. The summed E-state index contributed by atoms with van der Waals surface area (Å²) in [5.41, 5.74) is 2.61. The van der Waals surface area contributed by atoms with Crippen molar-refractivity contribution < 1.29 is 14.1 Å². The average molecular weight is 415 g/mol. The highest BCUT2D eigenvalue weighted by Gasteiger charge is 2.22. The zero-order chi connectivity index (χ0) is 19.5. The minimum absolute atomic E-state index is 0.143. The van der Waals surface area contributed by atoms with Crippen molar-refractivity contribution >= 4 is 28.9 Å². The van der Waals surface area contributed by atoms with Crippen molar-refractivity contribution in [3.05, 3.63) is 75.0 Å². The van der Waals surface area contributed by atoms with E-state index in [9.17, 15) is 4.79 Å². The molecule has 0 radical (unpaired) electrons. The van der Waals surface area contributed by atoms with Crippen molar-refractivity contribution in [2.24, 2.45) is 0 Å². The Hall–Kier alpha value is -2.97. The molecule has 0 atom stereocenters. The number of benzene rings is 1. The second-order valence-electron chi connectivity index (χ2n) is 5.99. The van der Waals surface area contributed by atoms with Crippen molar-refractivity contribution in [3.8, 4) is 11.4 Å². The quantitative estimate of drug-likeness (QED) is 0.436. The first-order chi connectivity index (χ1) is 13.6. The third-order valence-electron chi connectivity index (χ3n) is 4.02. The Kier molecular flexibility index (Phi) is 5.23. The molecule has 0 aliphatic carbocycles. The molecule has 1 aromatic carbocycles. The van der Waals surface area contributed by atoms with Crippen LogP contribution in [0, 0.1) is 6.92 Å². The Morgan fingerprint density at radius 2 is 2.11 bits per heavy atom. The first-order valence-corrected chi connectivity index (χ1v) is 9.73. The summed E-state index contributed by atoms with van der Waals surface area (Å²) < 4.78 is 12.0. The molecule has 0 aliphatic rings. The van der Waals surface area contributed by atoms with E-state index in [1.54, 1.807) is 11.6 Å². The Bertz CT molecular complexity index is 1090. The first-order valence-electron chi connectivity index (χ1n) is 8.41. The topological polar surface area (TPSA) is 83.0 Å². The standard InChI is InChI=1S/C19H15ClN4O3S/c1-12-16(17(20)24(22-12)9-13-5-3-2-4-6-13)19(25)26-10-15-21-18(23-27-15)14-7-8-28-11-14/h2-8,11H,9-10H2,1H3. The van der Waals surface area contributed by atoms with Crippen LogP contribution in [-0.4, -0.2) is 25.9 Å². The number of ether oxygens (including phenoxy) is 1. The van der Waals surface area contributed by atoms with Crippen LogP contribution in [0.4, 0.5) is 0 Å². The highest BCUT2D eigenvalue weighted by molar-refractivity contribution is 7.08. The van der Waals surface area contributed by atoms with Gasteiger partial charge in [0.2, 0.25) is 5.82 Å². The van der Waals surface area contributed by atoms with E-state index < -0.39 is 5.97 Å². The number of aryl methyl sites for hydroxylation is 1. The second-order valence-corrected chi connectivity index (χ2v) is 7.13. The average Bonchev–Trinajstić information content (AvgIpc) is 3.42. The summed E-state index contributed by atoms with van der Waals surface area (Å²) in [6.45, 7) is 2.03. The smallest absolute Gasteiger partial charge is 0.343 e. The zero-order valence-electron chi connectivity index (χ0n) is 14.8. The number of hydrogen-bond acceptors (Lipinski definition) is 7. The lowest BCUT2D eigenvalue weighted by Gasteiger charge is -2.04. The van der Waals surface area contributed by atoms with E-state index in [1.807, 2.05) is 47.2 Å². The number of carbonyl (C=O) groups excluding carboxylic acids is 1. The zero-order valence-corrected chi connectivity index (χ0v) is 16.4. The van der Waals surface area contributed by atoms with Crippen molar-refractivity contribution in [2.75, 3.05) is 0 Å². The van der Waals surface area contributed by atoms with Crippen molar-refractivity contribution in [3.63, 3.8) is 0 Å². The lowest BCUT2D eigenvalue weighted by molar-refractivity contribution is 0.0429. The second kappa shape index (κ2) is 7.95. The maximum absolute atomic E-state index is 12.5. The molecule has 7 nitrogen and oxygen atoms in total. The highest BCUT2D eigenvalue weighted by atomic mass is 35.5. The molecular formula is C19H15ClN4O3S. The van der Waals surface area contributed by atoms with Crippen LogP contribution in [0.15, 0.2) is 51.7 Å². The van der Waals surface area contributed by atoms with Gasteiger partial charge in [-0.15, -0.1) is 0 Å². The lowest BCUT2D eigenvalue weighted by Crippen LogP contribution is -2.07. The third-order valence-corrected chi connectivity index (χ3v) is 5.09. The summed E-state index contributed by atoms with van der Waals surface area (Å²) in [5, 5.41) is 12.3. The summed E-state index contributed by atoms with van der Waals surface area (Å²) in [7, 11) is 0. The molecule has 0 saturated heterocycles. The maximum atomic E-state index is 12.5. The van der Waals surface area contributed by atoms with Gasteiger partial charge in [-0.05, 0) is 23.9 Å². The third kappa shape index (κ3) is 3.83. The monoisotopic (exact) mass is 414 g/mol. The number of esters is 1. The van der Waals surface area contributed by atoms with E-state index in [0.717, 1.165) is 11.1 Å². The van der Waals surface area contributed by atoms with Crippen LogP contribution in [0.3, 0.4) is 0 Å². The molecule has 3 heterocycles. The molecule has 0 bridgehead atoms. The van der Waals surface area contributed by atoms with E-state index in [2.05, 4.69) is 15.2 Å². The van der Waals surface area contributed by atoms with Gasteiger partial charge in [-0.2, -0.15) is 21.4 Å². The van der Waals surface area contributed by atoms with E-state index in [-0.39, 0.29) is 23.2 Å². The lowest BCUT2D eigenvalue weighted by atomic mass is 10.2. The molecule has 142 valence electrons. The molecule has 0 N–H and O–H groups in total. The van der Waals surface area contributed by atoms with Crippen LogP contribution in [0.25, 0.3) is 11.4 Å². The SMILES string of the molecule is Cc1nn(Cc2ccccc2)c(Cl)c1C(=O)OCc1nc(-c2ccsc2)no1. The normalized spacial score (nSPS) is 10.9. The number of halogens is 1. The van der Waals surface area contributed by atoms with Gasteiger partial charge in [0.1, 0.15) is 10.7 Å². The Labute approximate surface area is 169 Å². The largest absolute Gasteiger partial charge is 0.452 e. The van der Waals surface area contributed by atoms with Crippen LogP contribution < -0.4 is 0 Å². The fourth-order valence-corrected chi connectivity index (χ4v) is 3.61. The van der Waals surface area contributed by atoms with Gasteiger partial charge in [0.25, 0.3) is 5.89 Å². The van der Waals surface area contributed by atoms with Crippen molar-refractivity contribution in [1.82, 2.24) is 19.9 Å². The summed E-state index contributed by atoms with van der Waals surface area (Å²) in [5.74, 6) is 0.0780. The molecule has 0 fully saturated rings. The van der Waals surface area contributed by atoms with Gasteiger partial charge >= 0.3 is 5.97 Å². The molecule has 0 aliphatic heterocycles. The van der Waals surface area contributed by atoms with E-state index >= 15 is 0 Å². The molecule has 0 unspecified atom stereocenters. The van der Waals surface area contributed by atoms with E-state index in [4.69, 9.17) is 20.9 Å². The Morgan fingerprint density at radius 3 is 2.86 bits per heavy atom. The van der Waals surface area contributed by atoms with Gasteiger partial charge in [-0.3, -0.25) is 0 Å². The minimum Gasteiger partial charge on any atom is -0.452 e. The Morgan fingerprint density at radius 1 is 1.29 bits per heavy atom. The van der Waals surface area contributed by atoms with Gasteiger partial charge < -0.3 is 9.26 Å². The van der Waals surface area contributed by atoms with Crippen molar-refractivity contribution in [1.29, 1.82) is 0 Å². The van der Waals surface area contributed by atoms with Gasteiger partial charge in [0.15, 0.2) is 6.61 Å². The maximum Gasteiger partial charge on any atom is 0.343 e. The predicted octanol–water partition coefficient (Wildman–Crippen LogP) is 4.36. The van der Waals surface area contributed by atoms with Crippen LogP contribution in [0.1, 0.15) is 27.5 Å². The van der Waals surface area contributed by atoms with Gasteiger partial charge in [-0.25, -0.2) is 9.48 Å². The Balaban J connectivity index is 1.45. The predicted molar refractivity (Wildman–Crippen MR) is 104 cm³/mol. The number of hydrogen-bond donors (Lipinski definition) is 0. The van der Waals surface area contributed by atoms with E-state index in [1.165, 1.54) is 11.3 Å². The molecule has 9 heteroatoms. The summed E-state index contributed by atoms with van der Waals surface area (Å²) >= 11 is 7.91. The van der Waals surface area contributed by atoms with Gasteiger partial charge in [0, 0.05) is 10.9 Å². The van der Waals surface area contributed by atoms with Crippen LogP contribution in [0.2, 0.25) is 5.15 Å². The molecule has 4 rings (SSSR count). The molecule has 0 spiro atoms. The summed E-state index contributed by atoms with van der Waals surface area (Å²) in [6.07, 6.45) is 0. The molecule has 0 amide bonds. The van der Waals surface area contributed by atoms with Crippen LogP contribution in [0.5, 0.6) is 0 Å². The number of aromatic nitrogens is 4. The molecule has 0 saturated carbocycles. The highest BCUT2D eigenvalue weighted by Crippen LogP contribution is 2.23. The van der Waals surface area contributed by atoms with Crippen LogP contribution >= 0.6 is 22.9 Å². The van der Waals surface area contributed by atoms with Crippen molar-refractivity contribution in [2.45, 2.75) is 20.1 Å². The molecular weight excluding hydrogens is 400 g/mol. The van der Waals surface area contributed by atoms with Gasteiger partial charge in [0.05, 0.1) is 12.2 Å². The fraction of sp³-hybridized carbons (Fsp3) is 0.158. The first kappa shape index (κ1) is 18.4. The van der Waals surface area contributed by atoms with E-state index in [0.29, 0.717) is 18.1 Å². The molecule has 3 aromatic heterocycles. The number of thiophene rings is 1. The number of rotatable bonds is 6. The molecule has 4 aromatic rings. The minimum atomic E-state index is -0.586. The number of carbonyl (C=O) groups is 1. The number of nitrogens with zero attached hydrogens (tertiary/aromatic N) is 4. The molecule has 28 heavy (non-hydrogen) atoms. The summed E-state index contributed by atoms with van der Waals surface area (Å²) in [4.78, 5) is 16.7. The van der Waals surface area contributed by atoms with Crippen LogP contribution in [-0.2, 0) is 17.9 Å². The van der Waals surface area contributed by atoms with Gasteiger partial charge in [-0.1, -0.05) is 47.1 Å². The summed E-state index contributed by atoms with van der Waals surface area (Å²) in [6, 6.07) is 11.6.